The highest BCUT2D eigenvalue weighted by Crippen LogP contribution is 2.17. The summed E-state index contributed by atoms with van der Waals surface area (Å²) in [5, 5.41) is 5.79. The second-order valence-electron chi connectivity index (χ2n) is 5.54. The van der Waals surface area contributed by atoms with Crippen LogP contribution < -0.4 is 10.6 Å². The highest BCUT2D eigenvalue weighted by molar-refractivity contribution is 6.05. The molecule has 0 aromatic rings. The minimum atomic E-state index is -0.483. The molecular weight excluding hydrogens is 258 g/mol. The second kappa shape index (κ2) is 7.38. The van der Waals surface area contributed by atoms with Gasteiger partial charge in [-0.05, 0) is 27.2 Å². The maximum atomic E-state index is 12.1. The molecule has 1 fully saturated rings. The van der Waals surface area contributed by atoms with E-state index in [-0.39, 0.29) is 36.2 Å². The molecule has 3 amide bonds. The number of carbonyl (C=O) groups excluding carboxylic acids is 3. The van der Waals surface area contributed by atoms with Crippen LogP contribution in [0.5, 0.6) is 0 Å². The lowest BCUT2D eigenvalue weighted by atomic mass is 10.2. The number of carbonyl (C=O) groups is 3. The van der Waals surface area contributed by atoms with Crippen molar-refractivity contribution in [3.8, 4) is 0 Å². The third-order valence-electron chi connectivity index (χ3n) is 3.41. The van der Waals surface area contributed by atoms with Crippen LogP contribution >= 0.6 is 0 Å². The Morgan fingerprint density at radius 3 is 2.55 bits per heavy atom. The van der Waals surface area contributed by atoms with Crippen LogP contribution in [-0.4, -0.2) is 47.3 Å². The minimum absolute atomic E-state index is 0.0527. The molecule has 1 aliphatic heterocycles. The van der Waals surface area contributed by atoms with Crippen molar-refractivity contribution in [2.24, 2.45) is 0 Å². The molecule has 0 aromatic heterocycles. The fourth-order valence-electron chi connectivity index (χ4n) is 2.21. The van der Waals surface area contributed by atoms with Gasteiger partial charge in [-0.15, -0.1) is 0 Å². The lowest BCUT2D eigenvalue weighted by Gasteiger charge is -2.21. The van der Waals surface area contributed by atoms with Gasteiger partial charge in [0.1, 0.15) is 0 Å². The maximum absolute atomic E-state index is 12.1. The molecule has 6 heteroatoms. The second-order valence-corrected chi connectivity index (χ2v) is 5.54. The molecule has 0 aliphatic carbocycles. The largest absolute Gasteiger partial charge is 0.354 e. The first-order valence-electron chi connectivity index (χ1n) is 7.25. The number of rotatable bonds is 7. The Balaban J connectivity index is 2.41. The first kappa shape index (κ1) is 16.6. The van der Waals surface area contributed by atoms with E-state index in [1.807, 2.05) is 27.7 Å². The van der Waals surface area contributed by atoms with Gasteiger partial charge in [-0.25, -0.2) is 0 Å². The summed E-state index contributed by atoms with van der Waals surface area (Å²) < 4.78 is 0. The van der Waals surface area contributed by atoms with E-state index >= 15 is 0 Å². The third-order valence-corrected chi connectivity index (χ3v) is 3.41. The average molecular weight is 283 g/mol. The number of imide groups is 1. The van der Waals surface area contributed by atoms with Gasteiger partial charge in [0.05, 0.1) is 12.5 Å². The van der Waals surface area contributed by atoms with E-state index in [1.165, 1.54) is 4.90 Å². The molecule has 1 saturated heterocycles. The molecule has 6 nitrogen and oxygen atoms in total. The average Bonchev–Trinajstić information content (AvgIpc) is 2.63. The summed E-state index contributed by atoms with van der Waals surface area (Å²) in [4.78, 5) is 36.8. The minimum Gasteiger partial charge on any atom is -0.354 e. The Morgan fingerprint density at radius 2 is 2.00 bits per heavy atom. The van der Waals surface area contributed by atoms with E-state index in [0.717, 1.165) is 6.42 Å². The van der Waals surface area contributed by atoms with Gasteiger partial charge in [0.2, 0.25) is 17.7 Å². The fraction of sp³-hybridized carbons (Fsp3) is 0.786. The van der Waals surface area contributed by atoms with E-state index in [9.17, 15) is 14.4 Å². The van der Waals surface area contributed by atoms with Crippen molar-refractivity contribution >= 4 is 17.7 Å². The molecule has 2 N–H and O–H groups in total. The van der Waals surface area contributed by atoms with E-state index in [1.54, 1.807) is 0 Å². The zero-order valence-corrected chi connectivity index (χ0v) is 12.7. The smallest absolute Gasteiger partial charge is 0.247 e. The molecule has 0 radical (unpaired) electrons. The van der Waals surface area contributed by atoms with Crippen LogP contribution in [0, 0.1) is 0 Å². The quantitative estimate of drug-likeness (QED) is 0.664. The van der Waals surface area contributed by atoms with Gasteiger partial charge in [-0.2, -0.15) is 0 Å². The van der Waals surface area contributed by atoms with E-state index in [4.69, 9.17) is 0 Å². The summed E-state index contributed by atoms with van der Waals surface area (Å²) in [5.74, 6) is -0.356. The first-order valence-corrected chi connectivity index (χ1v) is 7.25. The molecule has 2 unspecified atom stereocenters. The van der Waals surface area contributed by atoms with Crippen molar-refractivity contribution < 1.29 is 14.4 Å². The highest BCUT2D eigenvalue weighted by Gasteiger charge is 2.40. The van der Waals surface area contributed by atoms with Crippen LogP contribution in [0.4, 0.5) is 0 Å². The van der Waals surface area contributed by atoms with Crippen molar-refractivity contribution in [3.05, 3.63) is 0 Å². The molecule has 1 heterocycles. The number of likely N-dealkylation sites (tertiary alicyclic amines) is 1. The zero-order chi connectivity index (χ0) is 15.3. The standard InChI is InChI=1S/C14H25N3O3/c1-5-10(4)17-13(19)8-11(14(17)20)15-7-6-12(18)16-9(2)3/h9-11,15H,5-8H2,1-4H3,(H,16,18). The Morgan fingerprint density at radius 1 is 1.35 bits per heavy atom. The highest BCUT2D eigenvalue weighted by atomic mass is 16.2. The monoisotopic (exact) mass is 283 g/mol. The predicted octanol–water partition coefficient (Wildman–Crippen LogP) is 0.417. The molecule has 1 aliphatic rings. The Kier molecular flexibility index (Phi) is 6.13. The predicted molar refractivity (Wildman–Crippen MR) is 75.9 cm³/mol. The van der Waals surface area contributed by atoms with Gasteiger partial charge in [0, 0.05) is 25.0 Å². The SMILES string of the molecule is CCC(C)N1C(=O)CC(NCCC(=O)NC(C)C)C1=O. The number of nitrogens with one attached hydrogen (secondary N) is 2. The molecule has 1 rings (SSSR count). The van der Waals surface area contributed by atoms with Crippen LogP contribution in [0.25, 0.3) is 0 Å². The number of nitrogens with zero attached hydrogens (tertiary/aromatic N) is 1. The van der Waals surface area contributed by atoms with Gasteiger partial charge in [0.15, 0.2) is 0 Å². The normalized spacial score (nSPS) is 20.6. The summed E-state index contributed by atoms with van der Waals surface area (Å²) in [6.07, 6.45) is 1.25. The van der Waals surface area contributed by atoms with Crippen LogP contribution in [0.2, 0.25) is 0 Å². The molecule has 0 spiro atoms. The van der Waals surface area contributed by atoms with Gasteiger partial charge in [-0.3, -0.25) is 19.3 Å². The molecule has 2 atom stereocenters. The summed E-state index contributed by atoms with van der Waals surface area (Å²) in [6, 6.07) is -0.438. The molecule has 0 saturated carbocycles. The van der Waals surface area contributed by atoms with Gasteiger partial charge in [-0.1, -0.05) is 6.92 Å². The lowest BCUT2D eigenvalue weighted by molar-refractivity contribution is -0.141. The Labute approximate surface area is 120 Å². The zero-order valence-electron chi connectivity index (χ0n) is 12.7. The molecule has 0 aromatic carbocycles. The van der Waals surface area contributed by atoms with Gasteiger partial charge < -0.3 is 10.6 Å². The van der Waals surface area contributed by atoms with Crippen LogP contribution in [0.1, 0.15) is 47.0 Å². The van der Waals surface area contributed by atoms with Crippen molar-refractivity contribution in [2.75, 3.05) is 6.54 Å². The van der Waals surface area contributed by atoms with Crippen molar-refractivity contribution in [1.29, 1.82) is 0 Å². The third kappa shape index (κ3) is 4.30. The maximum Gasteiger partial charge on any atom is 0.247 e. The number of hydrogen-bond donors (Lipinski definition) is 2. The van der Waals surface area contributed by atoms with Crippen molar-refractivity contribution in [3.63, 3.8) is 0 Å². The topological polar surface area (TPSA) is 78.5 Å². The fourth-order valence-corrected chi connectivity index (χ4v) is 2.21. The van der Waals surface area contributed by atoms with Crippen LogP contribution in [-0.2, 0) is 14.4 Å². The summed E-state index contributed by atoms with van der Waals surface area (Å²) in [6.45, 7) is 8.01. The lowest BCUT2D eigenvalue weighted by Crippen LogP contribution is -2.43. The van der Waals surface area contributed by atoms with Crippen molar-refractivity contribution in [2.45, 2.75) is 65.1 Å². The summed E-state index contributed by atoms with van der Waals surface area (Å²) in [5.41, 5.74) is 0. The van der Waals surface area contributed by atoms with Crippen LogP contribution in [0.3, 0.4) is 0 Å². The van der Waals surface area contributed by atoms with E-state index in [0.29, 0.717) is 13.0 Å². The van der Waals surface area contributed by atoms with E-state index in [2.05, 4.69) is 10.6 Å². The van der Waals surface area contributed by atoms with Gasteiger partial charge >= 0.3 is 0 Å². The van der Waals surface area contributed by atoms with E-state index < -0.39 is 6.04 Å². The molecular formula is C14H25N3O3. The Hall–Kier alpha value is -1.43. The van der Waals surface area contributed by atoms with Crippen LogP contribution in [0.15, 0.2) is 0 Å². The molecule has 0 bridgehead atoms. The number of hydrogen-bond acceptors (Lipinski definition) is 4. The molecule has 20 heavy (non-hydrogen) atoms. The summed E-state index contributed by atoms with van der Waals surface area (Å²) in [7, 11) is 0. The van der Waals surface area contributed by atoms with Gasteiger partial charge in [0.25, 0.3) is 0 Å². The van der Waals surface area contributed by atoms with Crippen molar-refractivity contribution in [1.82, 2.24) is 15.5 Å². The number of amides is 3. The summed E-state index contributed by atoms with van der Waals surface area (Å²) >= 11 is 0. The Bertz CT molecular complexity index is 382. The first-order chi connectivity index (χ1) is 9.36. The molecule has 114 valence electrons.